The van der Waals surface area contributed by atoms with Gasteiger partial charge < -0.3 is 14.4 Å². The predicted molar refractivity (Wildman–Crippen MR) is 87.3 cm³/mol. The Balaban J connectivity index is 1.23. The second-order valence-electron chi connectivity index (χ2n) is 7.99. The van der Waals surface area contributed by atoms with E-state index in [1.54, 1.807) is 0 Å². The van der Waals surface area contributed by atoms with E-state index in [0.29, 0.717) is 36.5 Å². The Morgan fingerprint density at radius 3 is 2.38 bits per heavy atom. The van der Waals surface area contributed by atoms with Crippen molar-refractivity contribution in [3.8, 4) is 0 Å². The maximum absolute atomic E-state index is 11.9. The summed E-state index contributed by atoms with van der Waals surface area (Å²) in [5.74, 6) is 1.24. The van der Waals surface area contributed by atoms with Crippen molar-refractivity contribution in [2.75, 3.05) is 39.4 Å². The van der Waals surface area contributed by atoms with E-state index in [9.17, 15) is 9.59 Å². The van der Waals surface area contributed by atoms with Crippen LogP contribution in [0.5, 0.6) is 0 Å². The Hall–Kier alpha value is -1.30. The van der Waals surface area contributed by atoms with Gasteiger partial charge >= 0.3 is 12.1 Å². The van der Waals surface area contributed by atoms with Gasteiger partial charge in [-0.3, -0.25) is 9.69 Å². The van der Waals surface area contributed by atoms with E-state index in [-0.39, 0.29) is 18.0 Å². The Morgan fingerprint density at radius 2 is 1.75 bits per heavy atom. The molecule has 134 valence electrons. The molecule has 4 fully saturated rings. The minimum atomic E-state index is -0.155. The van der Waals surface area contributed by atoms with Gasteiger partial charge in [0.15, 0.2) is 0 Å². The zero-order valence-corrected chi connectivity index (χ0v) is 14.7. The van der Waals surface area contributed by atoms with Crippen molar-refractivity contribution in [2.24, 2.45) is 23.2 Å². The highest BCUT2D eigenvalue weighted by Crippen LogP contribution is 2.57. The van der Waals surface area contributed by atoms with Gasteiger partial charge in [-0.15, -0.1) is 0 Å². The Bertz CT molecular complexity index is 519. The molecule has 6 nitrogen and oxygen atoms in total. The van der Waals surface area contributed by atoms with Crippen LogP contribution in [-0.4, -0.2) is 67.3 Å². The zero-order valence-electron chi connectivity index (χ0n) is 14.7. The van der Waals surface area contributed by atoms with Crippen molar-refractivity contribution >= 4 is 12.1 Å². The lowest BCUT2D eigenvalue weighted by Crippen LogP contribution is -2.52. The van der Waals surface area contributed by atoms with Gasteiger partial charge in [0.1, 0.15) is 0 Å². The van der Waals surface area contributed by atoms with Crippen molar-refractivity contribution in [1.82, 2.24) is 9.80 Å². The van der Waals surface area contributed by atoms with Crippen LogP contribution < -0.4 is 0 Å². The standard InChI is InChI=1S/C18H28N2O4/c1-3-23-16(21)15-13-9-20(10-14(13)15)12-7-18(8-12)5-6-19(11-18)17(22)24-4-2/h12-15H,3-11H2,1-2H3/t12?,13-,14+,15+,18?. The third-order valence-corrected chi connectivity index (χ3v) is 6.60. The largest absolute Gasteiger partial charge is 0.466 e. The number of carbonyl (C=O) groups excluding carboxylic acids is 2. The van der Waals surface area contributed by atoms with E-state index in [0.717, 1.165) is 32.6 Å². The molecule has 4 rings (SSSR count). The van der Waals surface area contributed by atoms with Gasteiger partial charge in [-0.2, -0.15) is 0 Å². The van der Waals surface area contributed by atoms with E-state index in [2.05, 4.69) is 4.90 Å². The summed E-state index contributed by atoms with van der Waals surface area (Å²) in [4.78, 5) is 28.2. The Labute approximate surface area is 143 Å². The molecule has 2 saturated heterocycles. The number of rotatable bonds is 4. The third kappa shape index (κ3) is 2.59. The first-order valence-corrected chi connectivity index (χ1v) is 9.39. The van der Waals surface area contributed by atoms with Crippen molar-refractivity contribution in [1.29, 1.82) is 0 Å². The minimum absolute atomic E-state index is 0.0121. The summed E-state index contributed by atoms with van der Waals surface area (Å²) >= 11 is 0. The number of hydrogen-bond donors (Lipinski definition) is 0. The summed E-state index contributed by atoms with van der Waals surface area (Å²) in [6.07, 6.45) is 3.32. The average molecular weight is 336 g/mol. The molecule has 24 heavy (non-hydrogen) atoms. The lowest BCUT2D eigenvalue weighted by molar-refractivity contribution is -0.146. The van der Waals surface area contributed by atoms with Crippen molar-refractivity contribution in [3.05, 3.63) is 0 Å². The van der Waals surface area contributed by atoms with Crippen LogP contribution in [0, 0.1) is 23.2 Å². The van der Waals surface area contributed by atoms with E-state index < -0.39 is 0 Å². The molecule has 2 heterocycles. The van der Waals surface area contributed by atoms with Gasteiger partial charge in [-0.1, -0.05) is 0 Å². The van der Waals surface area contributed by atoms with Gasteiger partial charge in [0, 0.05) is 32.2 Å². The maximum atomic E-state index is 11.9. The molecule has 2 saturated carbocycles. The van der Waals surface area contributed by atoms with Crippen LogP contribution >= 0.6 is 0 Å². The molecule has 3 atom stereocenters. The third-order valence-electron chi connectivity index (χ3n) is 6.60. The monoisotopic (exact) mass is 336 g/mol. The van der Waals surface area contributed by atoms with Crippen molar-refractivity contribution < 1.29 is 19.1 Å². The van der Waals surface area contributed by atoms with Crippen LogP contribution in [-0.2, 0) is 14.3 Å². The molecular formula is C18H28N2O4. The summed E-state index contributed by atoms with van der Waals surface area (Å²) in [6, 6.07) is 0.641. The number of esters is 1. The van der Waals surface area contributed by atoms with E-state index in [4.69, 9.17) is 9.47 Å². The lowest BCUT2D eigenvalue weighted by Gasteiger charge is -2.49. The fourth-order valence-electron chi connectivity index (χ4n) is 5.28. The number of piperidine rings is 1. The lowest BCUT2D eigenvalue weighted by atomic mass is 9.64. The smallest absolute Gasteiger partial charge is 0.409 e. The first kappa shape index (κ1) is 16.2. The number of nitrogens with zero attached hydrogens (tertiary/aromatic N) is 2. The van der Waals surface area contributed by atoms with Gasteiger partial charge in [0.05, 0.1) is 19.1 Å². The van der Waals surface area contributed by atoms with E-state index in [1.165, 1.54) is 12.8 Å². The van der Waals surface area contributed by atoms with Crippen LogP contribution in [0.15, 0.2) is 0 Å². The Morgan fingerprint density at radius 1 is 1.08 bits per heavy atom. The van der Waals surface area contributed by atoms with Crippen LogP contribution in [0.4, 0.5) is 4.79 Å². The molecule has 4 aliphatic rings. The first-order chi connectivity index (χ1) is 11.6. The van der Waals surface area contributed by atoms with Gasteiger partial charge in [-0.25, -0.2) is 4.79 Å². The SMILES string of the molecule is CCOC(=O)[C@H]1[C@@H]2CN(C3CC4(CCN(C(=O)OCC)C4)C3)C[C@@H]21. The topological polar surface area (TPSA) is 59.1 Å². The molecule has 1 spiro atoms. The first-order valence-electron chi connectivity index (χ1n) is 9.39. The summed E-state index contributed by atoms with van der Waals surface area (Å²) in [6.45, 7) is 8.45. The van der Waals surface area contributed by atoms with E-state index in [1.807, 2.05) is 18.7 Å². The number of carbonyl (C=O) groups is 2. The quantitative estimate of drug-likeness (QED) is 0.732. The maximum Gasteiger partial charge on any atom is 0.409 e. The zero-order chi connectivity index (χ0) is 16.9. The normalized spacial score (nSPS) is 40.3. The van der Waals surface area contributed by atoms with Crippen LogP contribution in [0.3, 0.4) is 0 Å². The molecule has 0 radical (unpaired) electrons. The van der Waals surface area contributed by atoms with Crippen molar-refractivity contribution in [3.63, 3.8) is 0 Å². The molecule has 0 aromatic carbocycles. The second-order valence-corrected chi connectivity index (χ2v) is 7.99. The van der Waals surface area contributed by atoms with Gasteiger partial charge in [0.25, 0.3) is 0 Å². The van der Waals surface area contributed by atoms with Crippen molar-refractivity contribution in [2.45, 2.75) is 39.2 Å². The van der Waals surface area contributed by atoms with E-state index >= 15 is 0 Å². The molecule has 0 aromatic rings. The molecule has 1 amide bonds. The molecule has 0 unspecified atom stereocenters. The second kappa shape index (κ2) is 5.90. The molecule has 2 aliphatic carbocycles. The van der Waals surface area contributed by atoms with Gasteiger partial charge in [-0.05, 0) is 50.4 Å². The average Bonchev–Trinajstić information content (AvgIpc) is 2.91. The highest BCUT2D eigenvalue weighted by molar-refractivity contribution is 5.77. The summed E-state index contributed by atoms with van der Waals surface area (Å²) in [7, 11) is 0. The van der Waals surface area contributed by atoms with Gasteiger partial charge in [0.2, 0.25) is 0 Å². The molecule has 0 bridgehead atoms. The summed E-state index contributed by atoms with van der Waals surface area (Å²) in [5, 5.41) is 0. The molecule has 2 aliphatic heterocycles. The molecule has 0 aromatic heterocycles. The predicted octanol–water partition coefficient (Wildman–Crippen LogP) is 1.74. The number of hydrogen-bond acceptors (Lipinski definition) is 5. The minimum Gasteiger partial charge on any atom is -0.466 e. The van der Waals surface area contributed by atoms with Crippen LogP contribution in [0.25, 0.3) is 0 Å². The number of amides is 1. The number of ether oxygens (including phenoxy) is 2. The van der Waals surface area contributed by atoms with Crippen LogP contribution in [0.2, 0.25) is 0 Å². The highest BCUT2D eigenvalue weighted by atomic mass is 16.6. The number of fused-ring (bicyclic) bond motifs is 1. The Kier molecular flexibility index (Phi) is 3.98. The number of likely N-dealkylation sites (tertiary alicyclic amines) is 2. The fraction of sp³-hybridized carbons (Fsp3) is 0.889. The van der Waals surface area contributed by atoms with Crippen LogP contribution in [0.1, 0.15) is 33.1 Å². The molecule has 0 N–H and O–H groups in total. The fourth-order valence-corrected chi connectivity index (χ4v) is 5.28. The molecular weight excluding hydrogens is 308 g/mol. The summed E-state index contributed by atoms with van der Waals surface area (Å²) < 4.78 is 10.3. The highest BCUT2D eigenvalue weighted by Gasteiger charge is 2.62. The molecule has 6 heteroatoms. The summed E-state index contributed by atoms with van der Waals surface area (Å²) in [5.41, 5.74) is 0.324.